The quantitative estimate of drug-likeness (QED) is 0.590. The van der Waals surface area contributed by atoms with Crippen LogP contribution in [-0.4, -0.2) is 27.7 Å². The number of aryl methyl sites for hydroxylation is 1. The minimum Gasteiger partial charge on any atom is -0.464 e. The maximum Gasteiger partial charge on any atom is 0.359 e. The zero-order valence-electron chi connectivity index (χ0n) is 8.19. The number of carbonyl (C=O) groups is 1. The van der Waals surface area contributed by atoms with E-state index in [0.717, 1.165) is 9.26 Å². The van der Waals surface area contributed by atoms with E-state index in [4.69, 9.17) is 0 Å². The van der Waals surface area contributed by atoms with Gasteiger partial charge in [-0.05, 0) is 35.6 Å². The largest absolute Gasteiger partial charge is 0.464 e. The Kier molecular flexibility index (Phi) is 2.59. The molecule has 0 fully saturated rings. The number of rotatable bonds is 1. The van der Waals surface area contributed by atoms with Crippen molar-refractivity contribution in [2.75, 3.05) is 7.11 Å². The maximum absolute atomic E-state index is 11.5. The molecule has 0 bridgehead atoms. The van der Waals surface area contributed by atoms with Crippen molar-refractivity contribution in [3.05, 3.63) is 27.4 Å². The van der Waals surface area contributed by atoms with Gasteiger partial charge in [-0.3, -0.25) is 0 Å². The van der Waals surface area contributed by atoms with Gasteiger partial charge in [-0.1, -0.05) is 0 Å². The summed E-state index contributed by atoms with van der Waals surface area (Å²) in [5, 5.41) is 4.07. The van der Waals surface area contributed by atoms with E-state index >= 15 is 0 Å². The van der Waals surface area contributed by atoms with Crippen LogP contribution in [0.25, 0.3) is 5.52 Å². The number of hydrogen-bond acceptors (Lipinski definition) is 4. The molecule has 0 aromatic carbocycles. The van der Waals surface area contributed by atoms with E-state index in [-0.39, 0.29) is 0 Å². The molecule has 15 heavy (non-hydrogen) atoms. The van der Waals surface area contributed by atoms with Gasteiger partial charge >= 0.3 is 5.97 Å². The molecular weight excluding hydrogens is 309 g/mol. The van der Waals surface area contributed by atoms with Gasteiger partial charge in [0, 0.05) is 9.26 Å². The highest BCUT2D eigenvalue weighted by Crippen LogP contribution is 2.20. The lowest BCUT2D eigenvalue weighted by molar-refractivity contribution is 0.0595. The summed E-state index contributed by atoms with van der Waals surface area (Å²) in [6.45, 7) is 1.92. The molecular formula is C9H8IN3O2. The van der Waals surface area contributed by atoms with Crippen molar-refractivity contribution in [1.29, 1.82) is 0 Å². The Morgan fingerprint density at radius 1 is 1.60 bits per heavy atom. The lowest BCUT2D eigenvalue weighted by atomic mass is 10.3. The molecule has 78 valence electrons. The SMILES string of the molecule is COC(=O)c1ncnn2c(C)cc(I)c12. The first-order chi connectivity index (χ1) is 7.15. The van der Waals surface area contributed by atoms with Crippen LogP contribution in [0, 0.1) is 10.5 Å². The topological polar surface area (TPSA) is 56.5 Å². The predicted octanol–water partition coefficient (Wildman–Crippen LogP) is 1.43. The molecule has 0 saturated heterocycles. The number of halogens is 1. The third-order valence-corrected chi connectivity index (χ3v) is 2.89. The maximum atomic E-state index is 11.5. The summed E-state index contributed by atoms with van der Waals surface area (Å²) in [6, 6.07) is 1.94. The van der Waals surface area contributed by atoms with Crippen LogP contribution in [-0.2, 0) is 4.74 Å². The van der Waals surface area contributed by atoms with Gasteiger partial charge in [0.2, 0.25) is 0 Å². The van der Waals surface area contributed by atoms with Crippen molar-refractivity contribution in [2.24, 2.45) is 0 Å². The highest BCUT2D eigenvalue weighted by atomic mass is 127. The molecule has 0 aliphatic rings. The van der Waals surface area contributed by atoms with Gasteiger partial charge in [0.25, 0.3) is 0 Å². The molecule has 2 aromatic rings. The summed E-state index contributed by atoms with van der Waals surface area (Å²) in [7, 11) is 1.34. The van der Waals surface area contributed by atoms with Crippen LogP contribution in [0.3, 0.4) is 0 Å². The highest BCUT2D eigenvalue weighted by molar-refractivity contribution is 14.1. The molecule has 6 heteroatoms. The van der Waals surface area contributed by atoms with Crippen LogP contribution in [0.15, 0.2) is 12.4 Å². The average Bonchev–Trinajstić information content (AvgIpc) is 2.54. The van der Waals surface area contributed by atoms with Crippen molar-refractivity contribution in [1.82, 2.24) is 14.6 Å². The Morgan fingerprint density at radius 2 is 2.33 bits per heavy atom. The molecule has 2 rings (SSSR count). The first-order valence-electron chi connectivity index (χ1n) is 4.22. The average molecular weight is 317 g/mol. The smallest absolute Gasteiger partial charge is 0.359 e. The van der Waals surface area contributed by atoms with Crippen LogP contribution in [0.4, 0.5) is 0 Å². The highest BCUT2D eigenvalue weighted by Gasteiger charge is 2.17. The summed E-state index contributed by atoms with van der Waals surface area (Å²) in [6.07, 6.45) is 1.35. The number of fused-ring (bicyclic) bond motifs is 1. The van der Waals surface area contributed by atoms with Crippen molar-refractivity contribution in [2.45, 2.75) is 6.92 Å². The molecule has 0 aliphatic carbocycles. The molecule has 0 aliphatic heterocycles. The Morgan fingerprint density at radius 3 is 3.00 bits per heavy atom. The number of esters is 1. The summed E-state index contributed by atoms with van der Waals surface area (Å²) in [4.78, 5) is 15.4. The summed E-state index contributed by atoms with van der Waals surface area (Å²) in [5.41, 5.74) is 1.95. The van der Waals surface area contributed by atoms with E-state index < -0.39 is 5.97 Å². The fraction of sp³-hybridized carbons (Fsp3) is 0.222. The first-order valence-corrected chi connectivity index (χ1v) is 5.30. The molecule has 0 atom stereocenters. The summed E-state index contributed by atoms with van der Waals surface area (Å²) < 4.78 is 7.28. The van der Waals surface area contributed by atoms with Crippen LogP contribution >= 0.6 is 22.6 Å². The van der Waals surface area contributed by atoms with E-state index in [1.807, 2.05) is 13.0 Å². The number of hydrogen-bond donors (Lipinski definition) is 0. The van der Waals surface area contributed by atoms with E-state index in [0.29, 0.717) is 11.2 Å². The molecule has 0 unspecified atom stereocenters. The number of carbonyl (C=O) groups excluding carboxylic acids is 1. The third kappa shape index (κ3) is 1.58. The first kappa shape index (κ1) is 10.3. The fourth-order valence-electron chi connectivity index (χ4n) is 1.40. The second-order valence-electron chi connectivity index (χ2n) is 2.99. The third-order valence-electron chi connectivity index (χ3n) is 2.06. The zero-order valence-corrected chi connectivity index (χ0v) is 10.3. The van der Waals surface area contributed by atoms with Gasteiger partial charge in [-0.25, -0.2) is 14.3 Å². The van der Waals surface area contributed by atoms with Crippen molar-refractivity contribution in [3.8, 4) is 0 Å². The van der Waals surface area contributed by atoms with Gasteiger partial charge in [0.05, 0.1) is 7.11 Å². The Bertz CT molecular complexity index is 535. The fourth-order valence-corrected chi connectivity index (χ4v) is 2.33. The standard InChI is InChI=1S/C9H8IN3O2/c1-5-3-6(10)8-7(9(14)15-2)11-4-12-13(5)8/h3-4H,1-2H3. The van der Waals surface area contributed by atoms with Crippen molar-refractivity contribution < 1.29 is 9.53 Å². The Labute approximate surface area is 99.6 Å². The van der Waals surface area contributed by atoms with Crippen LogP contribution in [0.5, 0.6) is 0 Å². The predicted molar refractivity (Wildman–Crippen MR) is 61.8 cm³/mol. The summed E-state index contributed by atoms with van der Waals surface area (Å²) in [5.74, 6) is -0.446. The monoisotopic (exact) mass is 317 g/mol. The Balaban J connectivity index is 2.80. The molecule has 2 aromatic heterocycles. The van der Waals surface area contributed by atoms with E-state index in [9.17, 15) is 4.79 Å². The van der Waals surface area contributed by atoms with Gasteiger partial charge in [-0.2, -0.15) is 5.10 Å². The molecule has 0 spiro atoms. The number of ether oxygens (including phenoxy) is 1. The van der Waals surface area contributed by atoms with Crippen LogP contribution < -0.4 is 0 Å². The molecule has 0 amide bonds. The number of methoxy groups -OCH3 is 1. The normalized spacial score (nSPS) is 10.6. The van der Waals surface area contributed by atoms with Crippen molar-refractivity contribution in [3.63, 3.8) is 0 Å². The molecule has 2 heterocycles. The van der Waals surface area contributed by atoms with E-state index in [1.54, 1.807) is 4.52 Å². The lowest BCUT2D eigenvalue weighted by Gasteiger charge is -2.01. The zero-order chi connectivity index (χ0) is 11.0. The Hall–Kier alpha value is -1.18. The molecule has 0 saturated carbocycles. The second kappa shape index (κ2) is 3.76. The molecule has 5 nitrogen and oxygen atoms in total. The number of nitrogens with zero attached hydrogens (tertiary/aromatic N) is 3. The van der Waals surface area contributed by atoms with E-state index in [2.05, 4.69) is 37.4 Å². The van der Waals surface area contributed by atoms with E-state index in [1.165, 1.54) is 13.4 Å². The second-order valence-corrected chi connectivity index (χ2v) is 4.16. The lowest BCUT2D eigenvalue weighted by Crippen LogP contribution is -2.09. The van der Waals surface area contributed by atoms with Gasteiger partial charge in [0.15, 0.2) is 5.69 Å². The molecule has 0 N–H and O–H groups in total. The van der Waals surface area contributed by atoms with Gasteiger partial charge < -0.3 is 4.74 Å². The summed E-state index contributed by atoms with van der Waals surface area (Å²) >= 11 is 2.15. The minimum absolute atomic E-state index is 0.296. The van der Waals surface area contributed by atoms with Gasteiger partial charge in [-0.15, -0.1) is 0 Å². The van der Waals surface area contributed by atoms with Crippen LogP contribution in [0.1, 0.15) is 16.2 Å². The van der Waals surface area contributed by atoms with Gasteiger partial charge in [0.1, 0.15) is 11.8 Å². The van der Waals surface area contributed by atoms with Crippen molar-refractivity contribution >= 4 is 34.1 Å². The number of aromatic nitrogens is 3. The van der Waals surface area contributed by atoms with Crippen LogP contribution in [0.2, 0.25) is 0 Å². The molecule has 0 radical (unpaired) electrons. The minimum atomic E-state index is -0.446.